The van der Waals surface area contributed by atoms with Gasteiger partial charge in [-0.1, -0.05) is 30.3 Å². The first kappa shape index (κ1) is 13.1. The van der Waals surface area contributed by atoms with Crippen LogP contribution in [0.3, 0.4) is 0 Å². The van der Waals surface area contributed by atoms with Gasteiger partial charge < -0.3 is 9.68 Å². The molecule has 0 amide bonds. The molecular weight excluding hydrogens is 287 g/mol. The summed E-state index contributed by atoms with van der Waals surface area (Å²) in [6, 6.07) is 12.8. The van der Waals surface area contributed by atoms with Gasteiger partial charge in [-0.25, -0.2) is 8.42 Å². The smallest absolute Gasteiger partial charge is 0.423 e. The van der Waals surface area contributed by atoms with Crippen molar-refractivity contribution in [3.05, 3.63) is 59.2 Å². The topological polar surface area (TPSA) is 63.6 Å². The van der Waals surface area contributed by atoms with E-state index in [4.69, 9.17) is 4.65 Å². The number of hydrogen-bond acceptors (Lipinski definition) is 4. The summed E-state index contributed by atoms with van der Waals surface area (Å²) in [7, 11) is -4.49. The molecule has 3 aliphatic heterocycles. The summed E-state index contributed by atoms with van der Waals surface area (Å²) in [5, 5.41) is 10.0. The first-order valence-electron chi connectivity index (χ1n) is 6.81. The second-order valence-electron chi connectivity index (χ2n) is 5.55. The summed E-state index contributed by atoms with van der Waals surface area (Å²) >= 11 is 0. The molecule has 0 aromatic heterocycles. The van der Waals surface area contributed by atoms with Gasteiger partial charge in [0.05, 0.1) is 16.8 Å². The predicted octanol–water partition coefficient (Wildman–Crippen LogP) is 0.823. The molecular formula is C15H13BO4S. The van der Waals surface area contributed by atoms with E-state index in [2.05, 4.69) is 0 Å². The van der Waals surface area contributed by atoms with E-state index in [0.29, 0.717) is 16.8 Å². The Balaban J connectivity index is 1.96. The van der Waals surface area contributed by atoms with Gasteiger partial charge in [0.1, 0.15) is 0 Å². The van der Waals surface area contributed by atoms with Gasteiger partial charge in [0.2, 0.25) is 0 Å². The SMILES string of the molecule is O=S1(=O)CC2OB(O)c3cc(ccc32)Cc2cccc1c2. The maximum Gasteiger partial charge on any atom is 0.492 e. The van der Waals surface area contributed by atoms with Crippen LogP contribution in [0.4, 0.5) is 0 Å². The van der Waals surface area contributed by atoms with Crippen LogP contribution < -0.4 is 5.46 Å². The van der Waals surface area contributed by atoms with Crippen LogP contribution in [0, 0.1) is 0 Å². The Labute approximate surface area is 123 Å². The molecule has 2 aromatic carbocycles. The summed E-state index contributed by atoms with van der Waals surface area (Å²) < 4.78 is 30.5. The number of rotatable bonds is 0. The molecule has 3 aliphatic rings. The molecule has 3 heterocycles. The molecule has 0 spiro atoms. The standard InChI is InChI=1S/C15H13BO4S/c17-16-14-8-11-4-5-13(14)15(20-16)9-21(18,19)12-3-1-2-10(6-11)7-12/h1-5,7-8,15,17H,6,9H2. The lowest BCUT2D eigenvalue weighted by Gasteiger charge is -2.13. The Hall–Kier alpha value is -1.63. The average Bonchev–Trinajstić information content (AvgIpc) is 2.73. The molecule has 0 saturated carbocycles. The zero-order valence-electron chi connectivity index (χ0n) is 11.2. The number of sulfone groups is 1. The van der Waals surface area contributed by atoms with E-state index < -0.39 is 23.1 Å². The quantitative estimate of drug-likeness (QED) is 0.732. The Kier molecular flexibility index (Phi) is 2.76. The first-order valence-corrected chi connectivity index (χ1v) is 8.46. The van der Waals surface area contributed by atoms with E-state index in [-0.39, 0.29) is 5.75 Å². The highest BCUT2D eigenvalue weighted by Gasteiger charge is 2.38. The molecule has 1 unspecified atom stereocenters. The van der Waals surface area contributed by atoms with Gasteiger partial charge in [0, 0.05) is 0 Å². The fourth-order valence-corrected chi connectivity index (χ4v) is 4.52. The van der Waals surface area contributed by atoms with E-state index in [1.807, 2.05) is 24.3 Å². The maximum absolute atomic E-state index is 12.5. The summed E-state index contributed by atoms with van der Waals surface area (Å²) in [6.07, 6.45) is 0.0180. The van der Waals surface area contributed by atoms with Crippen molar-refractivity contribution in [1.29, 1.82) is 0 Å². The van der Waals surface area contributed by atoms with Crippen LogP contribution in [0.25, 0.3) is 0 Å². The van der Waals surface area contributed by atoms with Crippen molar-refractivity contribution >= 4 is 22.4 Å². The van der Waals surface area contributed by atoms with Gasteiger partial charge in [-0.3, -0.25) is 0 Å². The molecule has 0 radical (unpaired) electrons. The van der Waals surface area contributed by atoms with Crippen molar-refractivity contribution in [2.75, 3.05) is 5.75 Å². The van der Waals surface area contributed by atoms with E-state index >= 15 is 0 Å². The van der Waals surface area contributed by atoms with Crippen LogP contribution in [0.1, 0.15) is 22.8 Å². The number of fused-ring (bicyclic) bond motifs is 2. The fourth-order valence-electron chi connectivity index (χ4n) is 3.05. The minimum absolute atomic E-state index is 0.153. The first-order chi connectivity index (χ1) is 10.0. The van der Waals surface area contributed by atoms with E-state index in [1.54, 1.807) is 18.2 Å². The van der Waals surface area contributed by atoms with Crippen molar-refractivity contribution in [2.45, 2.75) is 17.4 Å². The third-order valence-corrected chi connectivity index (χ3v) is 5.81. The van der Waals surface area contributed by atoms with Crippen LogP contribution in [0.15, 0.2) is 47.4 Å². The Morgan fingerprint density at radius 3 is 2.81 bits per heavy atom. The van der Waals surface area contributed by atoms with Gasteiger partial charge in [0.15, 0.2) is 9.84 Å². The minimum atomic E-state index is -3.45. The van der Waals surface area contributed by atoms with Crippen LogP contribution in [0.2, 0.25) is 0 Å². The Morgan fingerprint density at radius 1 is 1.14 bits per heavy atom. The summed E-state index contributed by atoms with van der Waals surface area (Å²) in [4.78, 5) is 0.314. The minimum Gasteiger partial charge on any atom is -0.423 e. The van der Waals surface area contributed by atoms with Gasteiger partial charge in [0.25, 0.3) is 0 Å². The third-order valence-electron chi connectivity index (χ3n) is 4.09. The fraction of sp³-hybridized carbons (Fsp3) is 0.200. The van der Waals surface area contributed by atoms with E-state index in [1.165, 1.54) is 0 Å². The lowest BCUT2D eigenvalue weighted by Crippen LogP contribution is -2.28. The van der Waals surface area contributed by atoms with Gasteiger partial charge in [-0.2, -0.15) is 0 Å². The second-order valence-corrected chi connectivity index (χ2v) is 7.58. The zero-order valence-corrected chi connectivity index (χ0v) is 12.0. The third kappa shape index (κ3) is 2.11. The highest BCUT2D eigenvalue weighted by Crippen LogP contribution is 2.29. The molecule has 0 fully saturated rings. The summed E-state index contributed by atoms with van der Waals surface area (Å²) in [6.45, 7) is 0. The Bertz CT molecular complexity index is 831. The monoisotopic (exact) mass is 300 g/mol. The van der Waals surface area contributed by atoms with Crippen molar-refractivity contribution in [3.63, 3.8) is 0 Å². The lowest BCUT2D eigenvalue weighted by molar-refractivity contribution is 0.211. The van der Waals surface area contributed by atoms with Gasteiger partial charge in [-0.05, 0) is 40.7 Å². The Morgan fingerprint density at radius 2 is 1.95 bits per heavy atom. The van der Waals surface area contributed by atoms with Gasteiger partial charge >= 0.3 is 7.12 Å². The van der Waals surface area contributed by atoms with Crippen molar-refractivity contribution in [2.24, 2.45) is 0 Å². The zero-order chi connectivity index (χ0) is 14.6. The van der Waals surface area contributed by atoms with E-state index in [0.717, 1.165) is 16.7 Å². The van der Waals surface area contributed by atoms with Crippen LogP contribution >= 0.6 is 0 Å². The molecule has 0 aliphatic carbocycles. The second kappa shape index (κ2) is 4.43. The highest BCUT2D eigenvalue weighted by atomic mass is 32.2. The van der Waals surface area contributed by atoms with Crippen molar-refractivity contribution in [3.8, 4) is 0 Å². The van der Waals surface area contributed by atoms with Crippen LogP contribution in [-0.4, -0.2) is 26.3 Å². The van der Waals surface area contributed by atoms with E-state index in [9.17, 15) is 13.4 Å². The molecule has 21 heavy (non-hydrogen) atoms. The van der Waals surface area contributed by atoms with Crippen molar-refractivity contribution < 1.29 is 18.1 Å². The summed E-state index contributed by atoms with van der Waals surface area (Å²) in [5.41, 5.74) is 3.44. The number of benzene rings is 2. The summed E-state index contributed by atoms with van der Waals surface area (Å²) in [5.74, 6) is -0.153. The molecule has 2 aromatic rings. The number of hydrogen-bond donors (Lipinski definition) is 1. The van der Waals surface area contributed by atoms with Crippen LogP contribution in [-0.2, 0) is 20.9 Å². The molecule has 1 atom stereocenters. The lowest BCUT2D eigenvalue weighted by atomic mass is 9.78. The van der Waals surface area contributed by atoms with Crippen LogP contribution in [0.5, 0.6) is 0 Å². The average molecular weight is 300 g/mol. The predicted molar refractivity (Wildman–Crippen MR) is 79.2 cm³/mol. The van der Waals surface area contributed by atoms with Gasteiger partial charge in [-0.15, -0.1) is 0 Å². The molecule has 106 valence electrons. The maximum atomic E-state index is 12.5. The van der Waals surface area contributed by atoms with Crippen molar-refractivity contribution in [1.82, 2.24) is 0 Å². The molecule has 4 nitrogen and oxygen atoms in total. The normalized spacial score (nSPS) is 22.1. The molecule has 1 N–H and O–H groups in total. The molecule has 0 saturated heterocycles. The largest absolute Gasteiger partial charge is 0.492 e. The molecule has 6 bridgehead atoms. The molecule has 6 heteroatoms. The molecule has 5 rings (SSSR count). The highest BCUT2D eigenvalue weighted by molar-refractivity contribution is 7.91.